The van der Waals surface area contributed by atoms with Gasteiger partial charge in [-0.1, -0.05) is 30.3 Å². The van der Waals surface area contributed by atoms with Crippen LogP contribution in [0, 0.1) is 6.92 Å². The second-order valence-electron chi connectivity index (χ2n) is 5.44. The lowest BCUT2D eigenvalue weighted by atomic mass is 10.2. The van der Waals surface area contributed by atoms with E-state index in [0.717, 1.165) is 10.6 Å². The summed E-state index contributed by atoms with van der Waals surface area (Å²) in [6.45, 7) is 4.24. The topological polar surface area (TPSA) is 68.7 Å². The van der Waals surface area contributed by atoms with Crippen molar-refractivity contribution < 1.29 is 19.1 Å². The van der Waals surface area contributed by atoms with Crippen molar-refractivity contribution in [2.75, 3.05) is 26.8 Å². The van der Waals surface area contributed by atoms with Crippen LogP contribution in [0.4, 0.5) is 4.79 Å². The number of rotatable bonds is 7. The molecule has 6 nitrogen and oxygen atoms in total. The average Bonchev–Trinajstić information content (AvgIpc) is 2.96. The van der Waals surface area contributed by atoms with Gasteiger partial charge in [0.1, 0.15) is 11.5 Å². The lowest BCUT2D eigenvalue weighted by Crippen LogP contribution is -2.31. The molecule has 2 aromatic rings. The molecule has 1 aromatic heterocycles. The van der Waals surface area contributed by atoms with Crippen molar-refractivity contribution in [3.05, 3.63) is 51.5 Å². The molecule has 0 bridgehead atoms. The number of hydrogen-bond acceptors (Lipinski definition) is 6. The molecule has 0 radical (unpaired) electrons. The molecule has 0 saturated heterocycles. The minimum absolute atomic E-state index is 0.111. The summed E-state index contributed by atoms with van der Waals surface area (Å²) in [5.41, 5.74) is 1.81. The van der Waals surface area contributed by atoms with Crippen LogP contribution in [0.2, 0.25) is 0 Å². The van der Waals surface area contributed by atoms with Gasteiger partial charge in [0, 0.05) is 13.5 Å². The lowest BCUT2D eigenvalue weighted by Gasteiger charge is -2.15. The maximum Gasteiger partial charge on any atom is 0.409 e. The predicted molar refractivity (Wildman–Crippen MR) is 96.0 cm³/mol. The summed E-state index contributed by atoms with van der Waals surface area (Å²) in [6.07, 6.45) is 0.253. The number of carbonyl (C=O) groups is 2. The molecule has 0 aliphatic carbocycles. The smallest absolute Gasteiger partial charge is 0.409 e. The number of ether oxygens (including phenoxy) is 2. The molecule has 1 amide bonds. The third-order valence-corrected chi connectivity index (χ3v) is 4.60. The normalized spacial score (nSPS) is 10.4. The minimum atomic E-state index is -0.433. The molecule has 0 aliphatic rings. The van der Waals surface area contributed by atoms with E-state index in [2.05, 4.69) is 4.98 Å². The number of carbonyl (C=O) groups excluding carboxylic acids is 2. The quantitative estimate of drug-likeness (QED) is 0.707. The van der Waals surface area contributed by atoms with E-state index in [0.29, 0.717) is 23.6 Å². The Morgan fingerprint density at radius 2 is 1.92 bits per heavy atom. The molecule has 0 aliphatic heterocycles. The van der Waals surface area contributed by atoms with Crippen LogP contribution in [0.3, 0.4) is 0 Å². The summed E-state index contributed by atoms with van der Waals surface area (Å²) in [5, 5.41) is 0.874. The number of likely N-dealkylation sites (N-methyl/N-ethyl adjacent to an activating group) is 1. The van der Waals surface area contributed by atoms with Gasteiger partial charge in [-0.15, -0.1) is 11.3 Å². The summed E-state index contributed by atoms with van der Waals surface area (Å²) in [6, 6.07) is 9.97. The monoisotopic (exact) mass is 362 g/mol. The fourth-order valence-electron chi connectivity index (χ4n) is 2.15. The number of benzene rings is 1. The largest absolute Gasteiger partial charge is 0.460 e. The van der Waals surface area contributed by atoms with E-state index in [1.807, 2.05) is 30.3 Å². The van der Waals surface area contributed by atoms with Crippen molar-refractivity contribution in [1.29, 1.82) is 0 Å². The molecule has 25 heavy (non-hydrogen) atoms. The zero-order chi connectivity index (χ0) is 18.2. The first-order chi connectivity index (χ1) is 12.0. The van der Waals surface area contributed by atoms with E-state index in [4.69, 9.17) is 9.47 Å². The summed E-state index contributed by atoms with van der Waals surface area (Å²) in [7, 11) is 1.60. The highest BCUT2D eigenvalue weighted by molar-refractivity contribution is 7.13. The molecule has 0 N–H and O–H groups in total. The first kappa shape index (κ1) is 18.9. The molecule has 0 fully saturated rings. The van der Waals surface area contributed by atoms with Crippen LogP contribution in [0.25, 0.3) is 0 Å². The summed E-state index contributed by atoms with van der Waals surface area (Å²) < 4.78 is 10.1. The molecule has 1 heterocycles. The Balaban J connectivity index is 1.88. The fraction of sp³-hybridized carbons (Fsp3) is 0.389. The Labute approximate surface area is 151 Å². The maximum absolute atomic E-state index is 12.2. The highest BCUT2D eigenvalue weighted by atomic mass is 32.1. The van der Waals surface area contributed by atoms with E-state index < -0.39 is 12.1 Å². The Hall–Kier alpha value is -2.41. The van der Waals surface area contributed by atoms with Crippen LogP contribution in [0.5, 0.6) is 0 Å². The Morgan fingerprint density at radius 3 is 2.60 bits per heavy atom. The van der Waals surface area contributed by atoms with Gasteiger partial charge in [-0.25, -0.2) is 14.6 Å². The first-order valence-electron chi connectivity index (χ1n) is 8.06. The zero-order valence-electron chi connectivity index (χ0n) is 14.7. The van der Waals surface area contributed by atoms with Crippen LogP contribution in [-0.4, -0.2) is 48.8 Å². The van der Waals surface area contributed by atoms with Gasteiger partial charge in [-0.3, -0.25) is 0 Å². The molecular formula is C18H22N2O4S. The number of esters is 1. The highest BCUT2D eigenvalue weighted by Gasteiger charge is 2.17. The maximum atomic E-state index is 12.2. The number of hydrogen-bond donors (Lipinski definition) is 0. The first-order valence-corrected chi connectivity index (χ1v) is 8.88. The number of aromatic nitrogens is 1. The van der Waals surface area contributed by atoms with E-state index in [1.165, 1.54) is 16.2 Å². The summed E-state index contributed by atoms with van der Waals surface area (Å²) in [4.78, 5) is 30.0. The predicted octanol–water partition coefficient (Wildman–Crippen LogP) is 3.29. The molecule has 1 aromatic carbocycles. The van der Waals surface area contributed by atoms with Gasteiger partial charge < -0.3 is 14.4 Å². The van der Waals surface area contributed by atoms with Crippen LogP contribution in [0.1, 0.15) is 32.9 Å². The zero-order valence-corrected chi connectivity index (χ0v) is 15.5. The van der Waals surface area contributed by atoms with Gasteiger partial charge in [0.15, 0.2) is 0 Å². The standard InChI is InChI=1S/C18H22N2O4S/c1-4-23-18(22)20(3)10-11-24-17(21)16-13(2)19-15(25-16)12-14-8-6-5-7-9-14/h5-9H,4,10-12H2,1-3H3. The van der Waals surface area contributed by atoms with Gasteiger partial charge >= 0.3 is 12.1 Å². The molecule has 0 unspecified atom stereocenters. The van der Waals surface area contributed by atoms with E-state index in [-0.39, 0.29) is 13.2 Å². The Morgan fingerprint density at radius 1 is 1.20 bits per heavy atom. The molecule has 0 saturated carbocycles. The van der Waals surface area contributed by atoms with Crippen LogP contribution < -0.4 is 0 Å². The number of nitrogens with zero attached hydrogens (tertiary/aromatic N) is 2. The van der Waals surface area contributed by atoms with Crippen molar-refractivity contribution in [1.82, 2.24) is 9.88 Å². The van der Waals surface area contributed by atoms with Crippen molar-refractivity contribution in [3.8, 4) is 0 Å². The van der Waals surface area contributed by atoms with Crippen LogP contribution in [-0.2, 0) is 15.9 Å². The second-order valence-corrected chi connectivity index (χ2v) is 6.52. The molecular weight excluding hydrogens is 340 g/mol. The van der Waals surface area contributed by atoms with Gasteiger partial charge in [0.05, 0.1) is 23.9 Å². The number of thiazole rings is 1. The van der Waals surface area contributed by atoms with Gasteiger partial charge in [-0.2, -0.15) is 0 Å². The molecule has 134 valence electrons. The molecule has 7 heteroatoms. The van der Waals surface area contributed by atoms with E-state index in [9.17, 15) is 9.59 Å². The third-order valence-electron chi connectivity index (χ3n) is 3.46. The van der Waals surface area contributed by atoms with Gasteiger partial charge in [-0.05, 0) is 19.4 Å². The third kappa shape index (κ3) is 5.56. The Bertz CT molecular complexity index is 715. The average molecular weight is 362 g/mol. The molecule has 0 atom stereocenters. The minimum Gasteiger partial charge on any atom is -0.460 e. The van der Waals surface area contributed by atoms with Crippen LogP contribution in [0.15, 0.2) is 30.3 Å². The lowest BCUT2D eigenvalue weighted by molar-refractivity contribution is 0.0461. The van der Waals surface area contributed by atoms with Gasteiger partial charge in [0.25, 0.3) is 0 Å². The van der Waals surface area contributed by atoms with Crippen molar-refractivity contribution in [2.24, 2.45) is 0 Å². The SMILES string of the molecule is CCOC(=O)N(C)CCOC(=O)c1sc(Cc2ccccc2)nc1C. The summed E-state index contributed by atoms with van der Waals surface area (Å²) >= 11 is 1.34. The van der Waals surface area contributed by atoms with Crippen molar-refractivity contribution in [3.63, 3.8) is 0 Å². The number of aryl methyl sites for hydroxylation is 1. The van der Waals surface area contributed by atoms with E-state index in [1.54, 1.807) is 20.9 Å². The fourth-order valence-corrected chi connectivity index (χ4v) is 3.15. The summed E-state index contributed by atoms with van der Waals surface area (Å²) in [5.74, 6) is -0.411. The second kappa shape index (κ2) is 9.17. The molecule has 0 spiro atoms. The van der Waals surface area contributed by atoms with Crippen molar-refractivity contribution in [2.45, 2.75) is 20.3 Å². The Kier molecular flexibility index (Phi) is 6.94. The molecule has 2 rings (SSSR count). The highest BCUT2D eigenvalue weighted by Crippen LogP contribution is 2.21. The van der Waals surface area contributed by atoms with Crippen LogP contribution >= 0.6 is 11.3 Å². The van der Waals surface area contributed by atoms with Crippen molar-refractivity contribution >= 4 is 23.4 Å². The van der Waals surface area contributed by atoms with E-state index >= 15 is 0 Å². The van der Waals surface area contributed by atoms with Gasteiger partial charge in [0.2, 0.25) is 0 Å². The number of amides is 1.